The molecule has 1 heterocycles. The zero-order valence-electron chi connectivity index (χ0n) is 9.79. The van der Waals surface area contributed by atoms with Gasteiger partial charge in [-0.1, -0.05) is 27.2 Å². The molecule has 1 aromatic carbocycles. The summed E-state index contributed by atoms with van der Waals surface area (Å²) in [5.41, 5.74) is 6.65. The highest BCUT2D eigenvalue weighted by Crippen LogP contribution is 2.12. The van der Waals surface area contributed by atoms with Crippen molar-refractivity contribution in [3.8, 4) is 0 Å². The number of carbonyl (C=O) groups excluding carboxylic acids is 1. The summed E-state index contributed by atoms with van der Waals surface area (Å²) in [4.78, 5) is 20.4. The first-order valence-corrected chi connectivity index (χ1v) is 6.17. The van der Waals surface area contributed by atoms with Crippen LogP contribution in [-0.4, -0.2) is 16.8 Å². The molecule has 0 spiro atoms. The van der Waals surface area contributed by atoms with Gasteiger partial charge in [-0.3, -0.25) is 4.98 Å². The molecule has 0 amide bonds. The van der Waals surface area contributed by atoms with Crippen molar-refractivity contribution < 1.29 is 9.63 Å². The van der Waals surface area contributed by atoms with Gasteiger partial charge >= 0.3 is 5.97 Å². The summed E-state index contributed by atoms with van der Waals surface area (Å²) in [5.74, 6) is -0.482. The number of halogens is 1. The number of carbonyl (C=O) groups is 1. The van der Waals surface area contributed by atoms with E-state index in [-0.39, 0.29) is 5.84 Å². The van der Waals surface area contributed by atoms with E-state index in [0.717, 1.165) is 4.47 Å². The SMILES string of the molecule is NC(=NOC(=O)c1cccc(Br)c1)c1cccnc1. The van der Waals surface area contributed by atoms with E-state index < -0.39 is 5.97 Å². The largest absolute Gasteiger partial charge is 0.380 e. The average molecular weight is 320 g/mol. The van der Waals surface area contributed by atoms with Crippen molar-refractivity contribution in [2.45, 2.75) is 0 Å². The molecule has 0 aliphatic heterocycles. The molecule has 1 aromatic heterocycles. The standard InChI is InChI=1S/C13H10BrN3O2/c14-11-5-1-3-9(7-11)13(18)19-17-12(15)10-4-2-6-16-8-10/h1-8H,(H2,15,17). The van der Waals surface area contributed by atoms with E-state index in [4.69, 9.17) is 10.6 Å². The van der Waals surface area contributed by atoms with Crippen molar-refractivity contribution in [2.75, 3.05) is 0 Å². The molecule has 2 aromatic rings. The van der Waals surface area contributed by atoms with E-state index in [0.29, 0.717) is 11.1 Å². The van der Waals surface area contributed by atoms with Crippen LogP contribution in [-0.2, 0) is 4.84 Å². The Morgan fingerprint density at radius 1 is 1.26 bits per heavy atom. The second kappa shape index (κ2) is 6.10. The maximum absolute atomic E-state index is 11.7. The van der Waals surface area contributed by atoms with E-state index in [1.807, 2.05) is 6.07 Å². The lowest BCUT2D eigenvalue weighted by atomic mass is 10.2. The molecule has 0 saturated carbocycles. The summed E-state index contributed by atoms with van der Waals surface area (Å²) in [6.07, 6.45) is 3.15. The normalized spacial score (nSPS) is 11.1. The molecule has 0 atom stereocenters. The minimum atomic E-state index is -0.576. The Labute approximate surface area is 118 Å². The van der Waals surface area contributed by atoms with Crippen LogP contribution in [0.3, 0.4) is 0 Å². The van der Waals surface area contributed by atoms with Gasteiger partial charge in [0.05, 0.1) is 5.56 Å². The minimum absolute atomic E-state index is 0.0939. The van der Waals surface area contributed by atoms with Crippen LogP contribution >= 0.6 is 15.9 Å². The van der Waals surface area contributed by atoms with E-state index in [9.17, 15) is 4.79 Å². The maximum atomic E-state index is 11.7. The monoisotopic (exact) mass is 319 g/mol. The lowest BCUT2D eigenvalue weighted by Gasteiger charge is -2.01. The first-order valence-electron chi connectivity index (χ1n) is 5.37. The number of rotatable bonds is 3. The fourth-order valence-corrected chi connectivity index (χ4v) is 1.73. The first-order chi connectivity index (χ1) is 9.16. The smallest absolute Gasteiger partial charge is 0.365 e. The number of oxime groups is 1. The summed E-state index contributed by atoms with van der Waals surface area (Å²) in [7, 11) is 0. The lowest BCUT2D eigenvalue weighted by Crippen LogP contribution is -2.15. The van der Waals surface area contributed by atoms with Crippen LogP contribution in [0.5, 0.6) is 0 Å². The van der Waals surface area contributed by atoms with Gasteiger partial charge in [-0.15, -0.1) is 0 Å². The zero-order valence-corrected chi connectivity index (χ0v) is 11.4. The summed E-state index contributed by atoms with van der Waals surface area (Å²) in [6, 6.07) is 10.2. The van der Waals surface area contributed by atoms with E-state index in [2.05, 4.69) is 26.1 Å². The van der Waals surface area contributed by atoms with Crippen LogP contribution in [0.15, 0.2) is 58.4 Å². The predicted molar refractivity (Wildman–Crippen MR) is 74.5 cm³/mol. The van der Waals surface area contributed by atoms with Crippen LogP contribution in [0.2, 0.25) is 0 Å². The molecule has 2 rings (SSSR count). The van der Waals surface area contributed by atoms with Crippen LogP contribution in [0.1, 0.15) is 15.9 Å². The van der Waals surface area contributed by atoms with E-state index in [1.54, 1.807) is 36.5 Å². The van der Waals surface area contributed by atoms with Gasteiger partial charge in [-0.05, 0) is 30.3 Å². The van der Waals surface area contributed by atoms with Gasteiger partial charge in [0.15, 0.2) is 5.84 Å². The van der Waals surface area contributed by atoms with E-state index in [1.165, 1.54) is 6.20 Å². The third kappa shape index (κ3) is 3.62. The van der Waals surface area contributed by atoms with Gasteiger partial charge in [0.25, 0.3) is 0 Å². The molecular weight excluding hydrogens is 310 g/mol. The molecule has 0 aliphatic rings. The van der Waals surface area contributed by atoms with Crippen LogP contribution in [0.25, 0.3) is 0 Å². The number of benzene rings is 1. The number of pyridine rings is 1. The van der Waals surface area contributed by atoms with Crippen LogP contribution in [0, 0.1) is 0 Å². The highest BCUT2D eigenvalue weighted by molar-refractivity contribution is 9.10. The number of hydrogen-bond donors (Lipinski definition) is 1. The lowest BCUT2D eigenvalue weighted by molar-refractivity contribution is 0.0516. The van der Waals surface area contributed by atoms with Crippen LogP contribution in [0.4, 0.5) is 0 Å². The van der Waals surface area contributed by atoms with E-state index >= 15 is 0 Å². The highest BCUT2D eigenvalue weighted by atomic mass is 79.9. The Morgan fingerprint density at radius 3 is 2.74 bits per heavy atom. The first kappa shape index (κ1) is 13.2. The number of amidine groups is 1. The molecule has 0 unspecified atom stereocenters. The Bertz CT molecular complexity index is 614. The second-order valence-corrected chi connectivity index (χ2v) is 4.52. The Kier molecular flexibility index (Phi) is 4.25. The summed E-state index contributed by atoms with van der Waals surface area (Å²) >= 11 is 3.27. The molecule has 19 heavy (non-hydrogen) atoms. The van der Waals surface area contributed by atoms with Crippen molar-refractivity contribution in [2.24, 2.45) is 10.9 Å². The summed E-state index contributed by atoms with van der Waals surface area (Å²) < 4.78 is 0.783. The highest BCUT2D eigenvalue weighted by Gasteiger charge is 2.08. The zero-order chi connectivity index (χ0) is 13.7. The van der Waals surface area contributed by atoms with Crippen LogP contribution < -0.4 is 5.73 Å². The summed E-state index contributed by atoms with van der Waals surface area (Å²) in [6.45, 7) is 0. The molecule has 0 aliphatic carbocycles. The van der Waals surface area contributed by atoms with Crippen molar-refractivity contribution in [1.29, 1.82) is 0 Å². The topological polar surface area (TPSA) is 77.6 Å². The maximum Gasteiger partial charge on any atom is 0.365 e. The van der Waals surface area contributed by atoms with Crippen molar-refractivity contribution in [1.82, 2.24) is 4.98 Å². The third-order valence-corrected chi connectivity index (χ3v) is 2.74. The average Bonchev–Trinajstić information content (AvgIpc) is 2.45. The molecule has 0 bridgehead atoms. The number of hydrogen-bond acceptors (Lipinski definition) is 4. The second-order valence-electron chi connectivity index (χ2n) is 3.61. The Morgan fingerprint density at radius 2 is 2.05 bits per heavy atom. The third-order valence-electron chi connectivity index (χ3n) is 2.24. The fourth-order valence-electron chi connectivity index (χ4n) is 1.33. The molecule has 2 N–H and O–H groups in total. The van der Waals surface area contributed by atoms with Gasteiger partial charge in [-0.2, -0.15) is 0 Å². The molecule has 5 nitrogen and oxygen atoms in total. The van der Waals surface area contributed by atoms with Crippen molar-refractivity contribution in [3.63, 3.8) is 0 Å². The van der Waals surface area contributed by atoms with Gasteiger partial charge in [0.1, 0.15) is 0 Å². The molecule has 0 radical (unpaired) electrons. The molecule has 0 saturated heterocycles. The molecule has 0 fully saturated rings. The van der Waals surface area contributed by atoms with Crippen molar-refractivity contribution >= 4 is 27.7 Å². The number of nitrogens with zero attached hydrogens (tertiary/aromatic N) is 2. The van der Waals surface area contributed by atoms with Gasteiger partial charge in [0.2, 0.25) is 0 Å². The quantitative estimate of drug-likeness (QED) is 0.407. The Balaban J connectivity index is 2.08. The molecule has 96 valence electrons. The number of nitrogens with two attached hydrogens (primary N) is 1. The minimum Gasteiger partial charge on any atom is -0.380 e. The Hall–Kier alpha value is -2.21. The van der Waals surface area contributed by atoms with Gasteiger partial charge in [0, 0.05) is 22.4 Å². The predicted octanol–water partition coefficient (Wildman–Crippen LogP) is 2.32. The van der Waals surface area contributed by atoms with Crippen molar-refractivity contribution in [3.05, 3.63) is 64.4 Å². The molecular formula is C13H10BrN3O2. The van der Waals surface area contributed by atoms with Gasteiger partial charge in [-0.25, -0.2) is 4.79 Å². The number of aromatic nitrogens is 1. The fraction of sp³-hybridized carbons (Fsp3) is 0. The summed E-state index contributed by atoms with van der Waals surface area (Å²) in [5, 5.41) is 3.59. The van der Waals surface area contributed by atoms with Gasteiger partial charge < -0.3 is 10.6 Å². The molecule has 6 heteroatoms.